The van der Waals surface area contributed by atoms with Crippen LogP contribution in [0.5, 0.6) is 0 Å². The zero-order valence-electron chi connectivity index (χ0n) is 14.6. The molecule has 1 aromatic carbocycles. The normalized spacial score (nSPS) is 14.1. The van der Waals surface area contributed by atoms with Crippen molar-refractivity contribution in [2.24, 2.45) is 0 Å². The number of pyridine rings is 1. The molecule has 1 aliphatic rings. The van der Waals surface area contributed by atoms with Gasteiger partial charge in [0, 0.05) is 23.7 Å². The summed E-state index contributed by atoms with van der Waals surface area (Å²) < 4.78 is 21.2. The van der Waals surface area contributed by atoms with Crippen LogP contribution in [0, 0.1) is 19.7 Å². The summed E-state index contributed by atoms with van der Waals surface area (Å²) in [4.78, 5) is 25.5. The summed E-state index contributed by atoms with van der Waals surface area (Å²) >= 11 is 0. The highest BCUT2D eigenvalue weighted by Crippen LogP contribution is 2.37. The smallest absolute Gasteiger partial charge is 0.339 e. The van der Waals surface area contributed by atoms with Crippen molar-refractivity contribution in [3.8, 4) is 0 Å². The van der Waals surface area contributed by atoms with Crippen molar-refractivity contribution < 1.29 is 8.81 Å². The number of nitrogens with two attached hydrogens (primary N) is 1. The SMILES string of the molecule is Cc1c(Cc2ccccc2F)c2c(=O)n(C3CC3)c(C)c(N)c2oc1=O. The van der Waals surface area contributed by atoms with Crippen molar-refractivity contribution >= 4 is 16.7 Å². The Balaban J connectivity index is 2.08. The summed E-state index contributed by atoms with van der Waals surface area (Å²) in [6, 6.07) is 6.46. The molecule has 0 radical (unpaired) electrons. The molecule has 4 rings (SSSR count). The molecule has 5 nitrogen and oxygen atoms in total. The molecule has 0 aliphatic heterocycles. The zero-order chi connectivity index (χ0) is 18.6. The van der Waals surface area contributed by atoms with Gasteiger partial charge in [0.2, 0.25) is 0 Å². The maximum atomic E-state index is 14.2. The molecule has 0 unspecified atom stereocenters. The molecule has 2 aromatic heterocycles. The van der Waals surface area contributed by atoms with E-state index >= 15 is 0 Å². The van der Waals surface area contributed by atoms with Crippen LogP contribution >= 0.6 is 0 Å². The number of anilines is 1. The van der Waals surface area contributed by atoms with Gasteiger partial charge in [-0.1, -0.05) is 18.2 Å². The van der Waals surface area contributed by atoms with Gasteiger partial charge in [-0.05, 0) is 43.9 Å². The van der Waals surface area contributed by atoms with Gasteiger partial charge in [0.25, 0.3) is 5.56 Å². The Bertz CT molecular complexity index is 1160. The van der Waals surface area contributed by atoms with Gasteiger partial charge in [-0.3, -0.25) is 4.79 Å². The largest absolute Gasteiger partial charge is 0.420 e. The van der Waals surface area contributed by atoms with E-state index in [2.05, 4.69) is 0 Å². The Kier molecular flexibility index (Phi) is 3.72. The van der Waals surface area contributed by atoms with Crippen LogP contribution in [0.4, 0.5) is 10.1 Å². The van der Waals surface area contributed by atoms with Crippen LogP contribution in [-0.4, -0.2) is 4.57 Å². The van der Waals surface area contributed by atoms with Gasteiger partial charge in [0.05, 0.1) is 11.1 Å². The second-order valence-electron chi connectivity index (χ2n) is 6.87. The van der Waals surface area contributed by atoms with Crippen molar-refractivity contribution in [1.82, 2.24) is 4.57 Å². The van der Waals surface area contributed by atoms with Crippen LogP contribution in [0.1, 0.15) is 41.3 Å². The number of nitrogen functional groups attached to an aromatic ring is 1. The number of halogens is 1. The molecule has 2 heterocycles. The summed E-state index contributed by atoms with van der Waals surface area (Å²) in [7, 11) is 0. The predicted octanol–water partition coefficient (Wildman–Crippen LogP) is 3.22. The van der Waals surface area contributed by atoms with Crippen molar-refractivity contribution in [3.05, 3.63) is 73.2 Å². The molecule has 1 aliphatic carbocycles. The zero-order valence-corrected chi connectivity index (χ0v) is 14.6. The monoisotopic (exact) mass is 354 g/mol. The summed E-state index contributed by atoms with van der Waals surface area (Å²) in [5.41, 5.74) is 7.61. The Morgan fingerprint density at radius 1 is 1.23 bits per heavy atom. The molecule has 0 saturated heterocycles. The minimum absolute atomic E-state index is 0.103. The van der Waals surface area contributed by atoms with Crippen molar-refractivity contribution in [2.75, 3.05) is 5.73 Å². The third-order valence-electron chi connectivity index (χ3n) is 5.15. The molecule has 2 N–H and O–H groups in total. The molecule has 26 heavy (non-hydrogen) atoms. The number of nitrogens with zero attached hydrogens (tertiary/aromatic N) is 1. The van der Waals surface area contributed by atoms with Gasteiger partial charge in [0.1, 0.15) is 5.82 Å². The first-order valence-electron chi connectivity index (χ1n) is 8.60. The maximum absolute atomic E-state index is 14.2. The summed E-state index contributed by atoms with van der Waals surface area (Å²) in [5.74, 6) is -0.379. The van der Waals surface area contributed by atoms with Gasteiger partial charge in [-0.25, -0.2) is 9.18 Å². The van der Waals surface area contributed by atoms with E-state index < -0.39 is 5.63 Å². The average Bonchev–Trinajstić information content (AvgIpc) is 3.43. The van der Waals surface area contributed by atoms with Crippen molar-refractivity contribution in [3.63, 3.8) is 0 Å². The Hall–Kier alpha value is -2.89. The minimum Gasteiger partial charge on any atom is -0.420 e. The fraction of sp³-hybridized carbons (Fsp3) is 0.300. The van der Waals surface area contributed by atoms with E-state index in [1.165, 1.54) is 6.07 Å². The maximum Gasteiger partial charge on any atom is 0.339 e. The first kappa shape index (κ1) is 16.6. The van der Waals surface area contributed by atoms with Crippen LogP contribution < -0.4 is 16.9 Å². The molecule has 0 bridgehead atoms. The lowest BCUT2D eigenvalue weighted by molar-refractivity contribution is 0.549. The Morgan fingerprint density at radius 3 is 2.58 bits per heavy atom. The number of rotatable bonds is 3. The highest BCUT2D eigenvalue weighted by Gasteiger charge is 2.30. The first-order valence-corrected chi connectivity index (χ1v) is 8.60. The fourth-order valence-corrected chi connectivity index (χ4v) is 3.48. The van der Waals surface area contributed by atoms with E-state index in [0.717, 1.165) is 12.8 Å². The topological polar surface area (TPSA) is 78.2 Å². The van der Waals surface area contributed by atoms with Crippen LogP contribution in [-0.2, 0) is 6.42 Å². The summed E-state index contributed by atoms with van der Waals surface area (Å²) in [6.45, 7) is 3.35. The number of benzene rings is 1. The summed E-state index contributed by atoms with van der Waals surface area (Å²) in [5, 5.41) is 0.278. The second kappa shape index (κ2) is 5.83. The minimum atomic E-state index is -0.557. The van der Waals surface area contributed by atoms with Gasteiger partial charge < -0.3 is 14.7 Å². The lowest BCUT2D eigenvalue weighted by Gasteiger charge is -2.16. The van der Waals surface area contributed by atoms with E-state index in [9.17, 15) is 14.0 Å². The molecular formula is C20H19FN2O3. The van der Waals surface area contributed by atoms with E-state index in [-0.39, 0.29) is 34.8 Å². The molecule has 1 saturated carbocycles. The Morgan fingerprint density at radius 2 is 1.92 bits per heavy atom. The third kappa shape index (κ3) is 2.44. The highest BCUT2D eigenvalue weighted by molar-refractivity contribution is 5.91. The molecule has 0 spiro atoms. The number of hydrogen-bond acceptors (Lipinski definition) is 4. The van der Waals surface area contributed by atoms with Crippen LogP contribution in [0.15, 0.2) is 38.3 Å². The van der Waals surface area contributed by atoms with Crippen LogP contribution in [0.25, 0.3) is 11.0 Å². The number of fused-ring (bicyclic) bond motifs is 1. The van der Waals surface area contributed by atoms with E-state index in [0.29, 0.717) is 28.1 Å². The molecule has 6 heteroatoms. The second-order valence-corrected chi connectivity index (χ2v) is 6.87. The number of aromatic nitrogens is 1. The van der Waals surface area contributed by atoms with Crippen molar-refractivity contribution in [1.29, 1.82) is 0 Å². The standard InChI is InChI=1S/C20H19FN2O3/c1-10-14(9-12-5-3-4-6-15(12)21)16-18(26-20(10)25)17(22)11(2)23(19(16)24)13-7-8-13/h3-6,13H,7-9,22H2,1-2H3. The van der Waals surface area contributed by atoms with E-state index in [1.807, 2.05) is 0 Å². The summed E-state index contributed by atoms with van der Waals surface area (Å²) in [6.07, 6.45) is 1.97. The predicted molar refractivity (Wildman–Crippen MR) is 98.1 cm³/mol. The fourth-order valence-electron chi connectivity index (χ4n) is 3.48. The average molecular weight is 354 g/mol. The van der Waals surface area contributed by atoms with Gasteiger partial charge >= 0.3 is 5.63 Å². The molecule has 0 amide bonds. The lowest BCUT2D eigenvalue weighted by Crippen LogP contribution is -2.26. The quantitative estimate of drug-likeness (QED) is 0.783. The van der Waals surface area contributed by atoms with E-state index in [1.54, 1.807) is 36.6 Å². The molecule has 134 valence electrons. The van der Waals surface area contributed by atoms with Gasteiger partial charge in [-0.15, -0.1) is 0 Å². The molecule has 3 aromatic rings. The van der Waals surface area contributed by atoms with Gasteiger partial charge in [0.15, 0.2) is 5.58 Å². The molecular weight excluding hydrogens is 335 g/mol. The lowest BCUT2D eigenvalue weighted by atomic mass is 9.97. The van der Waals surface area contributed by atoms with Crippen LogP contribution in [0.3, 0.4) is 0 Å². The first-order chi connectivity index (χ1) is 12.4. The Labute approximate surface area is 148 Å². The van der Waals surface area contributed by atoms with Crippen LogP contribution in [0.2, 0.25) is 0 Å². The number of hydrogen-bond donors (Lipinski definition) is 1. The highest BCUT2D eigenvalue weighted by atomic mass is 19.1. The molecule has 1 fully saturated rings. The van der Waals surface area contributed by atoms with Gasteiger partial charge in [-0.2, -0.15) is 0 Å². The molecule has 0 atom stereocenters. The van der Waals surface area contributed by atoms with Crippen molar-refractivity contribution in [2.45, 2.75) is 39.2 Å². The van der Waals surface area contributed by atoms with E-state index in [4.69, 9.17) is 10.2 Å². The third-order valence-corrected chi connectivity index (χ3v) is 5.15.